The quantitative estimate of drug-likeness (QED) is 0.290. The smallest absolute Gasteiger partial charge is 0.311 e. The van der Waals surface area contributed by atoms with Crippen molar-refractivity contribution in [1.29, 1.82) is 0 Å². The molecule has 0 saturated heterocycles. The highest BCUT2D eigenvalue weighted by Crippen LogP contribution is 1.96. The van der Waals surface area contributed by atoms with Gasteiger partial charge in [-0.25, -0.2) is 0 Å². The van der Waals surface area contributed by atoms with Crippen molar-refractivity contribution in [2.45, 2.75) is 12.8 Å². The lowest BCUT2D eigenvalue weighted by atomic mass is 10.2. The van der Waals surface area contributed by atoms with E-state index in [0.29, 0.717) is 0 Å². The maximum Gasteiger partial charge on any atom is 0.311 e. The third-order valence-electron chi connectivity index (χ3n) is 1.29. The zero-order valence-corrected chi connectivity index (χ0v) is 7.44. The van der Waals surface area contributed by atoms with Gasteiger partial charge in [-0.1, -0.05) is 5.16 Å². The van der Waals surface area contributed by atoms with Crippen molar-refractivity contribution in [2.75, 3.05) is 14.2 Å². The molecule has 74 valence electrons. The lowest BCUT2D eigenvalue weighted by molar-refractivity contribution is -0.139. The van der Waals surface area contributed by atoms with Gasteiger partial charge in [0.25, 0.3) is 0 Å². The first-order chi connectivity index (χ1) is 6.13. The number of hydrogen-bond acceptors (Lipinski definition) is 6. The minimum Gasteiger partial charge on any atom is -0.469 e. The Labute approximate surface area is 75.1 Å². The predicted octanol–water partition coefficient (Wildman–Crippen LogP) is -0.0572. The van der Waals surface area contributed by atoms with E-state index in [1.165, 1.54) is 14.2 Å². The molecule has 0 bridgehead atoms. The summed E-state index contributed by atoms with van der Waals surface area (Å²) < 4.78 is 8.63. The van der Waals surface area contributed by atoms with Crippen molar-refractivity contribution in [1.82, 2.24) is 0 Å². The molecule has 6 nitrogen and oxygen atoms in total. The van der Waals surface area contributed by atoms with Crippen LogP contribution in [0.2, 0.25) is 0 Å². The standard InChI is InChI=1S/C7H11NO5/c1-12-6(9)3-5(8-11)4-7(10)13-2/h11H,3-4H2,1-2H3. The number of carbonyl (C=O) groups excluding carboxylic acids is 2. The summed E-state index contributed by atoms with van der Waals surface area (Å²) in [5, 5.41) is 11.2. The molecule has 0 aromatic rings. The van der Waals surface area contributed by atoms with Crippen LogP contribution in [0.1, 0.15) is 12.8 Å². The van der Waals surface area contributed by atoms with Crippen molar-refractivity contribution in [3.05, 3.63) is 0 Å². The Morgan fingerprint density at radius 3 is 1.77 bits per heavy atom. The first-order valence-corrected chi connectivity index (χ1v) is 3.47. The van der Waals surface area contributed by atoms with Crippen molar-refractivity contribution in [2.24, 2.45) is 5.16 Å². The topological polar surface area (TPSA) is 85.2 Å². The molecule has 0 spiro atoms. The van der Waals surface area contributed by atoms with Gasteiger partial charge in [0.2, 0.25) is 0 Å². The fraction of sp³-hybridized carbons (Fsp3) is 0.571. The van der Waals surface area contributed by atoms with Crippen LogP contribution in [-0.4, -0.2) is 37.1 Å². The maximum atomic E-state index is 10.7. The monoisotopic (exact) mass is 189 g/mol. The van der Waals surface area contributed by atoms with E-state index in [4.69, 9.17) is 5.21 Å². The van der Waals surface area contributed by atoms with Crippen LogP contribution in [0.5, 0.6) is 0 Å². The van der Waals surface area contributed by atoms with Crippen molar-refractivity contribution in [3.8, 4) is 0 Å². The average Bonchev–Trinajstić information content (AvgIpc) is 2.16. The van der Waals surface area contributed by atoms with Crippen molar-refractivity contribution < 1.29 is 24.3 Å². The van der Waals surface area contributed by atoms with E-state index in [0.717, 1.165) is 0 Å². The van der Waals surface area contributed by atoms with Crippen LogP contribution in [0.25, 0.3) is 0 Å². The summed E-state index contributed by atoms with van der Waals surface area (Å²) in [6.07, 6.45) is -0.440. The van der Waals surface area contributed by atoms with Crippen LogP contribution in [0.3, 0.4) is 0 Å². The lowest BCUT2D eigenvalue weighted by Crippen LogP contribution is -2.14. The molecular weight excluding hydrogens is 178 g/mol. The van der Waals surface area contributed by atoms with E-state index in [1.54, 1.807) is 0 Å². The Morgan fingerprint density at radius 1 is 1.15 bits per heavy atom. The zero-order valence-electron chi connectivity index (χ0n) is 7.44. The van der Waals surface area contributed by atoms with Gasteiger partial charge < -0.3 is 14.7 Å². The summed E-state index contributed by atoms with van der Waals surface area (Å²) in [6, 6.07) is 0. The van der Waals surface area contributed by atoms with Gasteiger partial charge in [0.15, 0.2) is 0 Å². The first kappa shape index (κ1) is 11.4. The van der Waals surface area contributed by atoms with Crippen LogP contribution in [0.15, 0.2) is 5.16 Å². The zero-order chi connectivity index (χ0) is 10.3. The molecule has 0 aliphatic carbocycles. The average molecular weight is 189 g/mol. The second-order valence-electron chi connectivity index (χ2n) is 2.17. The van der Waals surface area contributed by atoms with Crippen LogP contribution in [0.4, 0.5) is 0 Å². The Balaban J connectivity index is 4.06. The molecule has 0 aromatic heterocycles. The minimum atomic E-state index is -0.572. The highest BCUT2D eigenvalue weighted by atomic mass is 16.5. The molecule has 0 aromatic carbocycles. The second-order valence-corrected chi connectivity index (χ2v) is 2.17. The maximum absolute atomic E-state index is 10.7. The van der Waals surface area contributed by atoms with E-state index in [1.807, 2.05) is 0 Å². The van der Waals surface area contributed by atoms with Gasteiger partial charge in [-0.15, -0.1) is 0 Å². The van der Waals surface area contributed by atoms with Crippen LogP contribution < -0.4 is 0 Å². The van der Waals surface area contributed by atoms with Gasteiger partial charge in [0.05, 0.1) is 32.8 Å². The fourth-order valence-electron chi connectivity index (χ4n) is 0.611. The molecule has 0 unspecified atom stereocenters. The van der Waals surface area contributed by atoms with Gasteiger partial charge in [-0.3, -0.25) is 9.59 Å². The highest BCUT2D eigenvalue weighted by molar-refractivity contribution is 6.06. The Morgan fingerprint density at radius 2 is 1.54 bits per heavy atom. The highest BCUT2D eigenvalue weighted by Gasteiger charge is 2.12. The number of esters is 2. The van der Waals surface area contributed by atoms with Gasteiger partial charge in [0.1, 0.15) is 0 Å². The van der Waals surface area contributed by atoms with Crippen molar-refractivity contribution >= 4 is 17.7 Å². The summed E-state index contributed by atoms with van der Waals surface area (Å²) >= 11 is 0. The number of ether oxygens (including phenoxy) is 2. The molecule has 1 N–H and O–H groups in total. The van der Waals surface area contributed by atoms with Gasteiger partial charge >= 0.3 is 11.9 Å². The summed E-state index contributed by atoms with van der Waals surface area (Å²) in [5.74, 6) is -1.14. The molecule has 6 heteroatoms. The van der Waals surface area contributed by atoms with E-state index < -0.39 is 11.9 Å². The second kappa shape index (κ2) is 5.99. The third-order valence-corrected chi connectivity index (χ3v) is 1.29. The van der Waals surface area contributed by atoms with E-state index in [9.17, 15) is 9.59 Å². The van der Waals surface area contributed by atoms with Crippen LogP contribution >= 0.6 is 0 Å². The van der Waals surface area contributed by atoms with E-state index in [-0.39, 0.29) is 18.6 Å². The molecular formula is C7H11NO5. The van der Waals surface area contributed by atoms with Gasteiger partial charge in [-0.05, 0) is 0 Å². The van der Waals surface area contributed by atoms with E-state index >= 15 is 0 Å². The normalized spacial score (nSPS) is 8.77. The first-order valence-electron chi connectivity index (χ1n) is 3.47. The molecule has 0 heterocycles. The largest absolute Gasteiger partial charge is 0.469 e. The molecule has 13 heavy (non-hydrogen) atoms. The summed E-state index contributed by atoms with van der Waals surface area (Å²) in [6.45, 7) is 0. The van der Waals surface area contributed by atoms with Gasteiger partial charge in [-0.2, -0.15) is 0 Å². The number of methoxy groups -OCH3 is 2. The summed E-state index contributed by atoms with van der Waals surface area (Å²) in [4.78, 5) is 21.4. The summed E-state index contributed by atoms with van der Waals surface area (Å²) in [5.41, 5.74) is 0.0127. The van der Waals surface area contributed by atoms with E-state index in [2.05, 4.69) is 14.6 Å². The molecule has 0 amide bonds. The van der Waals surface area contributed by atoms with Gasteiger partial charge in [0, 0.05) is 0 Å². The molecule has 0 aliphatic rings. The number of hydrogen-bond donors (Lipinski definition) is 1. The number of carbonyl (C=O) groups is 2. The number of oxime groups is 1. The lowest BCUT2D eigenvalue weighted by Gasteiger charge is -2.01. The SMILES string of the molecule is COC(=O)CC(CC(=O)OC)=NO. The molecule has 0 fully saturated rings. The van der Waals surface area contributed by atoms with Crippen LogP contribution in [-0.2, 0) is 19.1 Å². The summed E-state index contributed by atoms with van der Waals surface area (Å²) in [7, 11) is 2.41. The predicted molar refractivity (Wildman–Crippen MR) is 42.5 cm³/mol. The molecule has 0 saturated carbocycles. The number of nitrogens with zero attached hydrogens (tertiary/aromatic N) is 1. The Bertz CT molecular complexity index is 203. The number of rotatable bonds is 4. The Hall–Kier alpha value is -1.59. The molecule has 0 rings (SSSR count). The molecule has 0 radical (unpaired) electrons. The molecule has 0 atom stereocenters. The third kappa shape index (κ3) is 4.78. The van der Waals surface area contributed by atoms with Crippen molar-refractivity contribution in [3.63, 3.8) is 0 Å². The minimum absolute atomic E-state index is 0.0127. The molecule has 0 aliphatic heterocycles. The van der Waals surface area contributed by atoms with Crippen LogP contribution in [0, 0.1) is 0 Å². The fourth-order valence-corrected chi connectivity index (χ4v) is 0.611. The Kier molecular flexibility index (Phi) is 5.25.